The molecule has 2 fully saturated rings. The van der Waals surface area contributed by atoms with Gasteiger partial charge in [-0.2, -0.15) is 0 Å². The van der Waals surface area contributed by atoms with Crippen LogP contribution in [0.15, 0.2) is 41.0 Å². The second-order valence-corrected chi connectivity index (χ2v) is 9.49. The Balaban J connectivity index is 1.54. The number of phenolic OH excluding ortho intramolecular Hbond substituents is 1. The Morgan fingerprint density at radius 1 is 1.09 bits per heavy atom. The van der Waals surface area contributed by atoms with Gasteiger partial charge in [0.15, 0.2) is 0 Å². The summed E-state index contributed by atoms with van der Waals surface area (Å²) in [6.45, 7) is 4.91. The minimum Gasteiger partial charge on any atom is -0.508 e. The van der Waals surface area contributed by atoms with Gasteiger partial charge in [-0.25, -0.2) is 0 Å². The Bertz CT molecular complexity index is 929. The molecule has 0 bridgehead atoms. The highest BCUT2D eigenvalue weighted by atomic mass is 16.5. The number of benzene rings is 1. The van der Waals surface area contributed by atoms with Crippen LogP contribution in [0.2, 0.25) is 0 Å². The van der Waals surface area contributed by atoms with Crippen molar-refractivity contribution in [2.24, 2.45) is 17.8 Å². The lowest BCUT2D eigenvalue weighted by molar-refractivity contribution is -0.138. The molecule has 2 heterocycles. The highest BCUT2D eigenvalue weighted by Gasteiger charge is 2.55. The molecular formula is C27H35NO4. The zero-order valence-corrected chi connectivity index (χ0v) is 19.5. The van der Waals surface area contributed by atoms with Gasteiger partial charge in [-0.3, -0.25) is 14.5 Å². The molecule has 0 spiro atoms. The van der Waals surface area contributed by atoms with E-state index >= 15 is 0 Å². The van der Waals surface area contributed by atoms with Crippen molar-refractivity contribution in [3.05, 3.63) is 46.5 Å². The van der Waals surface area contributed by atoms with Crippen molar-refractivity contribution in [2.45, 2.75) is 64.9 Å². The number of hydrogen-bond acceptors (Lipinski definition) is 4. The molecule has 3 aliphatic rings. The molecule has 0 radical (unpaired) electrons. The van der Waals surface area contributed by atoms with Crippen LogP contribution in [-0.2, 0) is 14.3 Å². The highest BCUT2D eigenvalue weighted by Crippen LogP contribution is 2.50. The number of allylic oxidation sites excluding steroid dienone is 2. The van der Waals surface area contributed by atoms with Gasteiger partial charge in [-0.15, -0.1) is 0 Å². The molecule has 2 amide bonds. The number of phenols is 1. The van der Waals surface area contributed by atoms with Gasteiger partial charge < -0.3 is 9.84 Å². The number of ether oxygens (including phenoxy) is 1. The largest absolute Gasteiger partial charge is 0.508 e. The number of imide groups is 1. The molecule has 0 saturated carbocycles. The minimum absolute atomic E-state index is 0.0156. The van der Waals surface area contributed by atoms with E-state index in [0.717, 1.165) is 44.1 Å². The van der Waals surface area contributed by atoms with E-state index in [2.05, 4.69) is 19.9 Å². The Morgan fingerprint density at radius 2 is 1.84 bits per heavy atom. The van der Waals surface area contributed by atoms with E-state index in [1.165, 1.54) is 21.6 Å². The fourth-order valence-electron chi connectivity index (χ4n) is 5.88. The first-order chi connectivity index (χ1) is 15.4. The molecule has 4 atom stereocenters. The third-order valence-corrected chi connectivity index (χ3v) is 7.34. The van der Waals surface area contributed by atoms with E-state index in [-0.39, 0.29) is 41.4 Å². The Labute approximate surface area is 191 Å². The lowest BCUT2D eigenvalue weighted by Gasteiger charge is -2.32. The van der Waals surface area contributed by atoms with Crippen LogP contribution in [0.4, 0.5) is 0 Å². The van der Waals surface area contributed by atoms with Crippen molar-refractivity contribution < 1.29 is 19.4 Å². The third-order valence-electron chi connectivity index (χ3n) is 7.34. The second-order valence-electron chi connectivity index (χ2n) is 9.49. The number of hydrogen-bond donors (Lipinski definition) is 1. The lowest BCUT2D eigenvalue weighted by Crippen LogP contribution is -2.34. The number of amides is 2. The zero-order valence-electron chi connectivity index (χ0n) is 19.5. The maximum Gasteiger partial charge on any atom is 0.233 e. The van der Waals surface area contributed by atoms with Crippen molar-refractivity contribution in [3.8, 4) is 5.75 Å². The van der Waals surface area contributed by atoms with Gasteiger partial charge in [-0.05, 0) is 55.4 Å². The van der Waals surface area contributed by atoms with Crippen molar-refractivity contribution in [1.82, 2.24) is 4.90 Å². The molecule has 32 heavy (non-hydrogen) atoms. The minimum atomic E-state index is -0.240. The Kier molecular flexibility index (Phi) is 6.85. The number of likely N-dealkylation sites (tertiary alicyclic amines) is 1. The number of aromatic hydroxyl groups is 1. The van der Waals surface area contributed by atoms with Crippen molar-refractivity contribution in [3.63, 3.8) is 0 Å². The Hall–Kier alpha value is -2.40. The summed E-state index contributed by atoms with van der Waals surface area (Å²) in [7, 11) is 1.63. The zero-order chi connectivity index (χ0) is 22.8. The van der Waals surface area contributed by atoms with Crippen LogP contribution in [0.25, 0.3) is 6.08 Å². The smallest absolute Gasteiger partial charge is 0.233 e. The number of carbonyl (C=O) groups is 2. The summed E-state index contributed by atoms with van der Waals surface area (Å²) in [5.74, 6) is -0.149. The van der Waals surface area contributed by atoms with Crippen molar-refractivity contribution in [2.75, 3.05) is 13.7 Å². The monoisotopic (exact) mass is 437 g/mol. The Morgan fingerprint density at radius 3 is 2.53 bits per heavy atom. The van der Waals surface area contributed by atoms with Crippen LogP contribution in [0.3, 0.4) is 0 Å². The SMILES string of the molecule is CCCC1=C2[C@@H](CC/C(=C/c3ccc(O)cc3)CCC)OC[C@@H]2[C@@H]2C(=O)N(C)C(=O)[C@@H]2C1. The molecule has 1 aliphatic carbocycles. The molecule has 5 heteroatoms. The fourth-order valence-corrected chi connectivity index (χ4v) is 5.88. The fraction of sp³-hybridized carbons (Fsp3) is 0.556. The van der Waals surface area contributed by atoms with Gasteiger partial charge >= 0.3 is 0 Å². The summed E-state index contributed by atoms with van der Waals surface area (Å²) in [5.41, 5.74) is 5.16. The first-order valence-corrected chi connectivity index (χ1v) is 12.1. The van der Waals surface area contributed by atoms with Gasteiger partial charge in [0.05, 0.1) is 24.5 Å². The van der Waals surface area contributed by atoms with E-state index in [1.807, 2.05) is 12.1 Å². The number of carbonyl (C=O) groups excluding carboxylic acids is 2. The van der Waals surface area contributed by atoms with Gasteiger partial charge in [0.25, 0.3) is 0 Å². The highest BCUT2D eigenvalue weighted by molar-refractivity contribution is 6.05. The second kappa shape index (κ2) is 9.62. The molecular weight excluding hydrogens is 402 g/mol. The molecule has 0 aromatic heterocycles. The average molecular weight is 438 g/mol. The third kappa shape index (κ3) is 4.27. The van der Waals surface area contributed by atoms with Gasteiger partial charge in [0, 0.05) is 13.0 Å². The molecule has 1 aromatic rings. The topological polar surface area (TPSA) is 66.8 Å². The van der Waals surface area contributed by atoms with Crippen LogP contribution in [0, 0.1) is 17.8 Å². The summed E-state index contributed by atoms with van der Waals surface area (Å²) in [5, 5.41) is 9.55. The van der Waals surface area contributed by atoms with Gasteiger partial charge in [0.2, 0.25) is 11.8 Å². The summed E-state index contributed by atoms with van der Waals surface area (Å²) < 4.78 is 6.30. The van der Waals surface area contributed by atoms with E-state index in [9.17, 15) is 14.7 Å². The van der Waals surface area contributed by atoms with Crippen LogP contribution >= 0.6 is 0 Å². The molecule has 2 aliphatic heterocycles. The standard InChI is InChI=1S/C27H35NO4/c1-4-6-17(14-18-8-11-20(29)12-9-18)10-13-23-24-19(7-5-2)15-21-25(22(24)16-32-23)27(31)28(3)26(21)30/h8-9,11-12,14,21-23,25,29H,4-7,10,13,15-16H2,1-3H3/b17-14+/t21-,22+,23-,25-/m1/s1. The maximum atomic E-state index is 12.8. The van der Waals surface area contributed by atoms with E-state index in [0.29, 0.717) is 13.0 Å². The first kappa shape index (κ1) is 22.8. The number of fused-ring (bicyclic) bond motifs is 3. The summed E-state index contributed by atoms with van der Waals surface area (Å²) in [4.78, 5) is 26.9. The molecule has 5 nitrogen and oxygen atoms in total. The van der Waals surface area contributed by atoms with Crippen molar-refractivity contribution >= 4 is 17.9 Å². The van der Waals surface area contributed by atoms with E-state index < -0.39 is 0 Å². The molecule has 172 valence electrons. The maximum absolute atomic E-state index is 12.8. The summed E-state index contributed by atoms with van der Waals surface area (Å²) in [6.07, 6.45) is 8.94. The van der Waals surface area contributed by atoms with Crippen LogP contribution < -0.4 is 0 Å². The average Bonchev–Trinajstić information content (AvgIpc) is 3.29. The summed E-state index contributed by atoms with van der Waals surface area (Å²) >= 11 is 0. The lowest BCUT2D eigenvalue weighted by atomic mass is 9.68. The van der Waals surface area contributed by atoms with Crippen LogP contribution in [-0.4, -0.2) is 41.6 Å². The van der Waals surface area contributed by atoms with Gasteiger partial charge in [-0.1, -0.05) is 56.0 Å². The molecule has 0 unspecified atom stereocenters. The predicted molar refractivity (Wildman–Crippen MR) is 125 cm³/mol. The first-order valence-electron chi connectivity index (χ1n) is 12.1. The number of nitrogens with zero attached hydrogens (tertiary/aromatic N) is 1. The van der Waals surface area contributed by atoms with Crippen LogP contribution in [0.5, 0.6) is 5.75 Å². The normalized spacial score (nSPS) is 27.8. The number of rotatable bonds is 8. The van der Waals surface area contributed by atoms with Gasteiger partial charge in [0.1, 0.15) is 5.75 Å². The quantitative estimate of drug-likeness (QED) is 0.454. The molecule has 1 N–H and O–H groups in total. The molecule has 1 aromatic carbocycles. The van der Waals surface area contributed by atoms with Crippen LogP contribution in [0.1, 0.15) is 64.4 Å². The van der Waals surface area contributed by atoms with Crippen molar-refractivity contribution in [1.29, 1.82) is 0 Å². The predicted octanol–water partition coefficient (Wildman–Crippen LogP) is 5.10. The molecule has 4 rings (SSSR count). The summed E-state index contributed by atoms with van der Waals surface area (Å²) in [6, 6.07) is 7.32. The molecule has 2 saturated heterocycles. The van der Waals surface area contributed by atoms with E-state index in [4.69, 9.17) is 4.74 Å². The van der Waals surface area contributed by atoms with E-state index in [1.54, 1.807) is 19.2 Å².